The zero-order valence-corrected chi connectivity index (χ0v) is 6.03. The number of hydrogen-bond acceptors (Lipinski definition) is 0. The van der Waals surface area contributed by atoms with Gasteiger partial charge >= 0.3 is 0 Å². The Morgan fingerprint density at radius 1 is 1.00 bits per heavy atom. The van der Waals surface area contributed by atoms with Gasteiger partial charge in [-0.3, -0.25) is 0 Å². The molecular formula is C10H12. The van der Waals surface area contributed by atoms with Crippen LogP contribution in [0.15, 0.2) is 24.3 Å². The molecule has 0 heteroatoms. The summed E-state index contributed by atoms with van der Waals surface area (Å²) < 4.78 is 0. The van der Waals surface area contributed by atoms with E-state index in [1.807, 2.05) is 0 Å². The molecule has 0 radical (unpaired) electrons. The van der Waals surface area contributed by atoms with Crippen molar-refractivity contribution in [1.82, 2.24) is 0 Å². The number of hydrogen-bond donors (Lipinski definition) is 0. The third kappa shape index (κ3) is 0.448. The van der Waals surface area contributed by atoms with Crippen LogP contribution in [0.1, 0.15) is 12.8 Å². The minimum absolute atomic E-state index is 0.925. The maximum Gasteiger partial charge on any atom is -0.0133 e. The molecule has 0 N–H and O–H groups in total. The zero-order valence-electron chi connectivity index (χ0n) is 6.03. The van der Waals surface area contributed by atoms with Gasteiger partial charge in [0.1, 0.15) is 0 Å². The summed E-state index contributed by atoms with van der Waals surface area (Å²) in [6.07, 6.45) is 12.5. The molecule has 0 aromatic rings. The molecule has 0 aromatic carbocycles. The van der Waals surface area contributed by atoms with E-state index in [0.29, 0.717) is 0 Å². The van der Waals surface area contributed by atoms with Crippen LogP contribution in [0.4, 0.5) is 0 Å². The lowest BCUT2D eigenvalue weighted by Gasteiger charge is -2.18. The summed E-state index contributed by atoms with van der Waals surface area (Å²) in [5, 5.41) is 0. The van der Waals surface area contributed by atoms with Gasteiger partial charge in [0.2, 0.25) is 0 Å². The third-order valence-electron chi connectivity index (χ3n) is 3.46. The van der Waals surface area contributed by atoms with Crippen LogP contribution in [0.2, 0.25) is 0 Å². The molecule has 0 spiro atoms. The van der Waals surface area contributed by atoms with E-state index in [9.17, 15) is 0 Å². The van der Waals surface area contributed by atoms with Crippen LogP contribution in [0.5, 0.6) is 0 Å². The fourth-order valence-electron chi connectivity index (χ4n) is 2.97. The minimum atomic E-state index is 0.925. The van der Waals surface area contributed by atoms with E-state index >= 15 is 0 Å². The molecule has 1 fully saturated rings. The zero-order chi connectivity index (χ0) is 6.55. The fraction of sp³-hybridized carbons (Fsp3) is 0.600. The van der Waals surface area contributed by atoms with Crippen molar-refractivity contribution >= 4 is 0 Å². The molecule has 52 valence electrons. The molecule has 0 amide bonds. The second-order valence-electron chi connectivity index (χ2n) is 3.85. The van der Waals surface area contributed by atoms with Gasteiger partial charge in [0.25, 0.3) is 0 Å². The van der Waals surface area contributed by atoms with E-state index < -0.39 is 0 Å². The molecule has 3 aliphatic rings. The number of fused-ring (bicyclic) bond motifs is 5. The van der Waals surface area contributed by atoms with Gasteiger partial charge in [0.05, 0.1) is 0 Å². The van der Waals surface area contributed by atoms with E-state index in [2.05, 4.69) is 24.3 Å². The number of rotatable bonds is 0. The van der Waals surface area contributed by atoms with Crippen LogP contribution in [-0.4, -0.2) is 0 Å². The van der Waals surface area contributed by atoms with Crippen molar-refractivity contribution in [3.63, 3.8) is 0 Å². The van der Waals surface area contributed by atoms with E-state index in [0.717, 1.165) is 23.7 Å². The van der Waals surface area contributed by atoms with Crippen molar-refractivity contribution in [3.8, 4) is 0 Å². The molecule has 0 aromatic heterocycles. The van der Waals surface area contributed by atoms with Crippen LogP contribution in [0.3, 0.4) is 0 Å². The first kappa shape index (κ1) is 5.17. The van der Waals surface area contributed by atoms with Crippen molar-refractivity contribution < 1.29 is 0 Å². The van der Waals surface area contributed by atoms with Crippen molar-refractivity contribution in [1.29, 1.82) is 0 Å². The Labute approximate surface area is 61.6 Å². The Morgan fingerprint density at radius 2 is 1.90 bits per heavy atom. The molecule has 2 bridgehead atoms. The van der Waals surface area contributed by atoms with Crippen molar-refractivity contribution in [2.75, 3.05) is 0 Å². The molecule has 0 nitrogen and oxygen atoms in total. The molecule has 10 heavy (non-hydrogen) atoms. The second kappa shape index (κ2) is 1.55. The lowest BCUT2D eigenvalue weighted by Crippen LogP contribution is -2.12. The lowest BCUT2D eigenvalue weighted by molar-refractivity contribution is 0.398. The Kier molecular flexibility index (Phi) is 0.803. The largest absolute Gasteiger partial charge is 0.0879 e. The van der Waals surface area contributed by atoms with E-state index in [-0.39, 0.29) is 0 Å². The highest BCUT2D eigenvalue weighted by Gasteiger charge is 2.44. The summed E-state index contributed by atoms with van der Waals surface area (Å²) in [5.41, 5.74) is 0. The van der Waals surface area contributed by atoms with Gasteiger partial charge in [-0.15, -0.1) is 0 Å². The van der Waals surface area contributed by atoms with Gasteiger partial charge in [-0.05, 0) is 36.5 Å². The van der Waals surface area contributed by atoms with Crippen LogP contribution >= 0.6 is 0 Å². The van der Waals surface area contributed by atoms with Gasteiger partial charge in [-0.2, -0.15) is 0 Å². The average Bonchev–Trinajstić information content (AvgIpc) is 2.60. The van der Waals surface area contributed by atoms with E-state index in [4.69, 9.17) is 0 Å². The van der Waals surface area contributed by atoms with Crippen molar-refractivity contribution in [3.05, 3.63) is 24.3 Å². The van der Waals surface area contributed by atoms with Gasteiger partial charge in [0, 0.05) is 0 Å². The molecule has 1 saturated carbocycles. The predicted molar refractivity (Wildman–Crippen MR) is 41.5 cm³/mol. The second-order valence-corrected chi connectivity index (χ2v) is 3.85. The van der Waals surface area contributed by atoms with E-state index in [1.54, 1.807) is 0 Å². The topological polar surface area (TPSA) is 0 Å². The molecular weight excluding hydrogens is 120 g/mol. The summed E-state index contributed by atoms with van der Waals surface area (Å²) in [7, 11) is 0. The summed E-state index contributed by atoms with van der Waals surface area (Å²) >= 11 is 0. The summed E-state index contributed by atoms with van der Waals surface area (Å²) in [5.74, 6) is 3.82. The van der Waals surface area contributed by atoms with E-state index in [1.165, 1.54) is 12.8 Å². The quantitative estimate of drug-likeness (QED) is 0.444. The van der Waals surface area contributed by atoms with Crippen LogP contribution in [0.25, 0.3) is 0 Å². The third-order valence-corrected chi connectivity index (χ3v) is 3.46. The maximum atomic E-state index is 2.44. The molecule has 0 aliphatic heterocycles. The molecule has 3 aliphatic carbocycles. The Morgan fingerprint density at radius 3 is 2.80 bits per heavy atom. The summed E-state index contributed by atoms with van der Waals surface area (Å²) in [6.45, 7) is 0. The maximum absolute atomic E-state index is 2.44. The van der Waals surface area contributed by atoms with Crippen LogP contribution < -0.4 is 0 Å². The Bertz CT molecular complexity index is 212. The molecule has 0 saturated heterocycles. The SMILES string of the molecule is C1=C[C@H]2C3C=CC(C3)C2C1. The monoisotopic (exact) mass is 132 g/mol. The van der Waals surface area contributed by atoms with Crippen LogP contribution in [-0.2, 0) is 0 Å². The smallest absolute Gasteiger partial charge is 0.0133 e. The molecule has 3 rings (SSSR count). The standard InChI is InChI=1S/C10H12/c1-2-9-7-4-5-8(6-7)10(9)3-1/h1-2,4-5,7-10H,3,6H2/t7?,8?,9-,10?/m0/s1. The first-order chi connectivity index (χ1) is 4.95. The highest BCUT2D eigenvalue weighted by Crippen LogP contribution is 2.52. The van der Waals surface area contributed by atoms with Crippen molar-refractivity contribution in [2.45, 2.75) is 12.8 Å². The lowest BCUT2D eigenvalue weighted by atomic mass is 9.86. The molecule has 3 unspecified atom stereocenters. The number of allylic oxidation sites excluding steroid dienone is 4. The van der Waals surface area contributed by atoms with Gasteiger partial charge < -0.3 is 0 Å². The Balaban J connectivity index is 2.04. The van der Waals surface area contributed by atoms with Crippen LogP contribution in [0, 0.1) is 23.7 Å². The van der Waals surface area contributed by atoms with Gasteiger partial charge in [-0.25, -0.2) is 0 Å². The van der Waals surface area contributed by atoms with Gasteiger partial charge in [-0.1, -0.05) is 24.3 Å². The predicted octanol–water partition coefficient (Wildman–Crippen LogP) is 2.38. The highest BCUT2D eigenvalue weighted by molar-refractivity contribution is 5.21. The van der Waals surface area contributed by atoms with Gasteiger partial charge in [0.15, 0.2) is 0 Å². The first-order valence-corrected chi connectivity index (χ1v) is 4.30. The van der Waals surface area contributed by atoms with Crippen molar-refractivity contribution in [2.24, 2.45) is 23.7 Å². The highest BCUT2D eigenvalue weighted by atomic mass is 14.5. The normalized spacial score (nSPS) is 54.4. The first-order valence-electron chi connectivity index (χ1n) is 4.30. The molecule has 0 heterocycles. The summed E-state index contributed by atoms with van der Waals surface area (Å²) in [6, 6.07) is 0. The fourth-order valence-corrected chi connectivity index (χ4v) is 2.97. The molecule has 4 atom stereocenters. The summed E-state index contributed by atoms with van der Waals surface area (Å²) in [4.78, 5) is 0. The Hall–Kier alpha value is -0.520. The minimum Gasteiger partial charge on any atom is -0.0879 e. The average molecular weight is 132 g/mol.